The molecule has 9 N–H and O–H groups in total. The van der Waals surface area contributed by atoms with E-state index in [1.165, 1.54) is 36.0 Å². The fraction of sp³-hybridized carbons (Fsp3) is 0.382. The molecule has 272 valence electrons. The van der Waals surface area contributed by atoms with Gasteiger partial charge in [0.1, 0.15) is 18.1 Å². The quantitative estimate of drug-likeness (QED) is 0.145. The molecule has 2 aromatic carbocycles. The molecule has 0 saturated carbocycles. The SMILES string of the molecule is O=C(O)CCNC(=O)[C@@H]1Cc2ccc(cc2)NC(=O)[C@H](O)[C@@H](O)C(=O)N[C@H](CC2CC=CS2)C(=O)NCC(=O)N[C@H](Cc2ccccc2)C(=O)N1. The molecule has 3 aliphatic rings. The number of aliphatic hydroxyl groups excluding tert-OH is 2. The number of aliphatic hydroxyl groups is 2. The van der Waals surface area contributed by atoms with Crippen molar-refractivity contribution in [3.8, 4) is 0 Å². The molecule has 0 radical (unpaired) electrons. The highest BCUT2D eigenvalue weighted by Crippen LogP contribution is 2.27. The van der Waals surface area contributed by atoms with E-state index in [2.05, 4.69) is 31.9 Å². The lowest BCUT2D eigenvalue weighted by Gasteiger charge is -2.24. The van der Waals surface area contributed by atoms with E-state index in [1.807, 2.05) is 11.5 Å². The van der Waals surface area contributed by atoms with Crippen molar-refractivity contribution in [2.45, 2.75) is 67.7 Å². The summed E-state index contributed by atoms with van der Waals surface area (Å²) in [6, 6.07) is 11.0. The van der Waals surface area contributed by atoms with Crippen molar-refractivity contribution in [1.29, 1.82) is 0 Å². The lowest BCUT2D eigenvalue weighted by molar-refractivity contribution is -0.144. The van der Waals surface area contributed by atoms with Crippen LogP contribution in [0.2, 0.25) is 0 Å². The Balaban J connectivity index is 1.63. The number of carboxylic acid groups (broad SMARTS) is 1. The molecule has 0 aromatic heterocycles. The predicted octanol–water partition coefficient (Wildman–Crippen LogP) is -1.28. The van der Waals surface area contributed by atoms with Crippen LogP contribution in [0.5, 0.6) is 0 Å². The summed E-state index contributed by atoms with van der Waals surface area (Å²) in [6.45, 7) is -0.823. The second-order valence-corrected chi connectivity index (χ2v) is 13.2. The molecule has 51 heavy (non-hydrogen) atoms. The van der Waals surface area contributed by atoms with E-state index >= 15 is 0 Å². The second kappa shape index (κ2) is 18.7. The van der Waals surface area contributed by atoms with Crippen molar-refractivity contribution in [3.63, 3.8) is 0 Å². The number of anilines is 1. The molecule has 5 rings (SSSR count). The first kappa shape index (κ1) is 38.5. The molecule has 0 spiro atoms. The molecule has 2 bridgehead atoms. The highest BCUT2D eigenvalue weighted by atomic mass is 32.2. The lowest BCUT2D eigenvalue weighted by atomic mass is 10.0. The van der Waals surface area contributed by atoms with Crippen LogP contribution in [0.15, 0.2) is 66.1 Å². The summed E-state index contributed by atoms with van der Waals surface area (Å²) >= 11 is 1.42. The Kier molecular flexibility index (Phi) is 14.1. The van der Waals surface area contributed by atoms with Gasteiger partial charge in [-0.1, -0.05) is 48.5 Å². The summed E-state index contributed by atoms with van der Waals surface area (Å²) in [4.78, 5) is 90.1. The number of carbonyl (C=O) groups is 7. The topological polar surface area (TPSA) is 252 Å². The van der Waals surface area contributed by atoms with Gasteiger partial charge in [-0.15, -0.1) is 11.8 Å². The highest BCUT2D eigenvalue weighted by molar-refractivity contribution is 8.03. The molecule has 0 fully saturated rings. The number of hydrogen-bond acceptors (Lipinski definition) is 10. The average molecular weight is 725 g/mol. The van der Waals surface area contributed by atoms with Gasteiger partial charge in [-0.2, -0.15) is 0 Å². The number of aliphatic carboxylic acids is 1. The standard InChI is InChI=1S/C34H40N6O10S/c41-26-18-36-31(47)25(17-22-7-4-14-51-22)40-34(50)29(45)28(44)33(49)37-21-10-8-20(9-11-21)16-23(30(46)35-13-12-27(42)43)39-32(48)24(38-26)15-19-5-2-1-3-6-19/h1-6,8-11,14,22-25,28-29,44-45H,7,12-13,15-18H2,(H,35,46)(H,36,47)(H,37,49)(H,38,41)(H,39,48)(H,40,50)(H,42,43)/t22?,23-,24+,25+,28+,29+/m0/s1. The van der Waals surface area contributed by atoms with E-state index in [0.717, 1.165) is 0 Å². The normalized spacial score (nSPS) is 25.0. The molecule has 6 atom stereocenters. The Labute approximate surface area is 297 Å². The molecule has 0 saturated heterocycles. The van der Waals surface area contributed by atoms with Gasteiger partial charge in [-0.05, 0) is 41.5 Å². The third kappa shape index (κ3) is 11.9. The number of fused-ring (bicyclic) bond motifs is 18. The minimum absolute atomic E-state index is 0.0128. The van der Waals surface area contributed by atoms with Crippen molar-refractivity contribution in [2.24, 2.45) is 0 Å². The van der Waals surface area contributed by atoms with E-state index in [9.17, 15) is 43.8 Å². The number of thioether (sulfide) groups is 1. The minimum atomic E-state index is -2.25. The summed E-state index contributed by atoms with van der Waals surface area (Å²) in [5, 5.41) is 46.7. The van der Waals surface area contributed by atoms with Crippen LogP contribution in [0, 0.1) is 0 Å². The minimum Gasteiger partial charge on any atom is -0.481 e. The Morgan fingerprint density at radius 2 is 1.53 bits per heavy atom. The Morgan fingerprint density at radius 3 is 2.20 bits per heavy atom. The van der Waals surface area contributed by atoms with Gasteiger partial charge in [0.05, 0.1) is 13.0 Å². The Morgan fingerprint density at radius 1 is 0.824 bits per heavy atom. The van der Waals surface area contributed by atoms with Gasteiger partial charge >= 0.3 is 5.97 Å². The van der Waals surface area contributed by atoms with Crippen molar-refractivity contribution >= 4 is 58.9 Å². The zero-order valence-corrected chi connectivity index (χ0v) is 28.2. The number of carboxylic acids is 1. The van der Waals surface area contributed by atoms with E-state index in [0.29, 0.717) is 17.5 Å². The number of carbonyl (C=O) groups excluding carboxylic acids is 6. The number of nitrogens with one attached hydrogen (secondary N) is 6. The molecular weight excluding hydrogens is 684 g/mol. The molecule has 3 heterocycles. The fourth-order valence-electron chi connectivity index (χ4n) is 5.29. The zero-order valence-electron chi connectivity index (χ0n) is 27.4. The van der Waals surface area contributed by atoms with Gasteiger partial charge in [-0.3, -0.25) is 33.6 Å². The predicted molar refractivity (Wildman–Crippen MR) is 185 cm³/mol. The van der Waals surface area contributed by atoms with Gasteiger partial charge in [0.25, 0.3) is 11.8 Å². The highest BCUT2D eigenvalue weighted by Gasteiger charge is 2.35. The van der Waals surface area contributed by atoms with Crippen LogP contribution in [0.3, 0.4) is 0 Å². The van der Waals surface area contributed by atoms with Crippen molar-refractivity contribution in [2.75, 3.05) is 18.4 Å². The van der Waals surface area contributed by atoms with Crippen LogP contribution < -0.4 is 31.9 Å². The number of hydrogen-bond donors (Lipinski definition) is 9. The summed E-state index contributed by atoms with van der Waals surface area (Å²) < 4.78 is 0. The van der Waals surface area contributed by atoms with Crippen LogP contribution in [-0.4, -0.2) is 105 Å². The maximum absolute atomic E-state index is 13.7. The Bertz CT molecular complexity index is 1610. The molecule has 0 aliphatic carbocycles. The van der Waals surface area contributed by atoms with E-state index < -0.39 is 78.3 Å². The van der Waals surface area contributed by atoms with Gasteiger partial charge in [-0.25, -0.2) is 0 Å². The van der Waals surface area contributed by atoms with E-state index in [4.69, 9.17) is 5.11 Å². The van der Waals surface area contributed by atoms with Crippen molar-refractivity contribution < 1.29 is 48.9 Å². The van der Waals surface area contributed by atoms with Crippen molar-refractivity contribution in [3.05, 3.63) is 77.2 Å². The van der Waals surface area contributed by atoms with Gasteiger partial charge in [0.2, 0.25) is 23.6 Å². The summed E-state index contributed by atoms with van der Waals surface area (Å²) in [6.07, 6.45) is -2.34. The van der Waals surface area contributed by atoms with Gasteiger partial charge < -0.3 is 47.2 Å². The number of rotatable bonds is 8. The largest absolute Gasteiger partial charge is 0.481 e. The summed E-state index contributed by atoms with van der Waals surface area (Å²) in [7, 11) is 0. The van der Waals surface area contributed by atoms with Crippen molar-refractivity contribution in [1.82, 2.24) is 26.6 Å². The molecule has 16 nitrogen and oxygen atoms in total. The van der Waals surface area contributed by atoms with Gasteiger partial charge in [0.15, 0.2) is 12.2 Å². The first-order chi connectivity index (χ1) is 24.4. The number of benzene rings is 2. The summed E-state index contributed by atoms with van der Waals surface area (Å²) in [5.41, 5.74) is 1.35. The number of allylic oxidation sites excluding steroid dienone is 1. The fourth-order valence-corrected chi connectivity index (χ4v) is 6.26. The average Bonchev–Trinajstić information content (AvgIpc) is 3.63. The molecule has 1 unspecified atom stereocenters. The third-order valence-electron chi connectivity index (χ3n) is 8.02. The van der Waals surface area contributed by atoms with Crippen LogP contribution in [-0.2, 0) is 46.4 Å². The van der Waals surface area contributed by atoms with Crippen LogP contribution in [0.25, 0.3) is 0 Å². The first-order valence-electron chi connectivity index (χ1n) is 16.2. The van der Waals surface area contributed by atoms with E-state index in [1.54, 1.807) is 30.3 Å². The number of amides is 6. The zero-order chi connectivity index (χ0) is 36.9. The smallest absolute Gasteiger partial charge is 0.305 e. The van der Waals surface area contributed by atoms with E-state index in [-0.39, 0.29) is 43.2 Å². The molecule has 3 aliphatic heterocycles. The van der Waals surface area contributed by atoms with Crippen LogP contribution >= 0.6 is 11.8 Å². The molecular formula is C34H40N6O10S. The molecule has 17 heteroatoms. The van der Waals surface area contributed by atoms with Gasteiger partial charge in [0, 0.05) is 30.3 Å². The molecule has 2 aromatic rings. The maximum Gasteiger partial charge on any atom is 0.305 e. The maximum atomic E-state index is 13.7. The lowest BCUT2D eigenvalue weighted by Crippen LogP contribution is -2.57. The molecule has 6 amide bonds. The summed E-state index contributed by atoms with van der Waals surface area (Å²) in [5.74, 6) is -6.41. The second-order valence-electron chi connectivity index (χ2n) is 12.0. The van der Waals surface area contributed by atoms with Crippen LogP contribution in [0.4, 0.5) is 5.69 Å². The van der Waals surface area contributed by atoms with Crippen LogP contribution in [0.1, 0.15) is 30.4 Å². The first-order valence-corrected chi connectivity index (χ1v) is 17.1. The third-order valence-corrected chi connectivity index (χ3v) is 9.14. The Hall–Kier alpha value is -5.26. The monoisotopic (exact) mass is 724 g/mol.